The number of aromatic nitrogens is 3. The molecule has 2 N–H and O–H groups in total. The number of furan rings is 1. The van der Waals surface area contributed by atoms with Crippen molar-refractivity contribution in [1.29, 1.82) is 5.26 Å². The summed E-state index contributed by atoms with van der Waals surface area (Å²) in [5, 5.41) is 21.8. The molecule has 3 heterocycles. The number of nitrogens with zero attached hydrogens (tertiary/aromatic N) is 4. The molecule has 1 amide bonds. The van der Waals surface area contributed by atoms with E-state index in [1.165, 1.54) is 44.4 Å². The van der Waals surface area contributed by atoms with E-state index >= 15 is 0 Å². The van der Waals surface area contributed by atoms with E-state index in [-0.39, 0.29) is 22.6 Å². The lowest BCUT2D eigenvalue weighted by atomic mass is 10.00. The van der Waals surface area contributed by atoms with Crippen molar-refractivity contribution in [2.45, 2.75) is 0 Å². The standard InChI is InChI=1S/C31H23FN6O4S/c1-34-31(39)29-23-12-22(26-11-19(16-35-37-26)25-13-21-18(15-33)5-4-6-24(21)36-25)27(38(2)43(3,40)41)14-28(23)42-30(29)17-7-9-20(32)10-8-17/h4-14,16,36H,1-3H3,(H,34,39). The van der Waals surface area contributed by atoms with Gasteiger partial charge in [-0.3, -0.25) is 9.10 Å². The summed E-state index contributed by atoms with van der Waals surface area (Å²) in [6.07, 6.45) is 2.63. The van der Waals surface area contributed by atoms with Crippen molar-refractivity contribution in [1.82, 2.24) is 20.5 Å². The maximum atomic E-state index is 13.7. The van der Waals surface area contributed by atoms with E-state index in [1.54, 1.807) is 30.5 Å². The number of sulfonamides is 1. The number of carbonyl (C=O) groups is 1. The van der Waals surface area contributed by atoms with Crippen LogP contribution in [0.15, 0.2) is 77.3 Å². The lowest BCUT2D eigenvalue weighted by molar-refractivity contribution is 0.0964. The molecule has 0 saturated heterocycles. The molecule has 214 valence electrons. The summed E-state index contributed by atoms with van der Waals surface area (Å²) in [7, 11) is -0.852. The SMILES string of the molecule is CNC(=O)c1c(-c2ccc(F)cc2)oc2cc(N(C)S(C)(=O)=O)c(-c3cc(-c4cc5c(C#N)cccc5[nH]4)cnn3)cc12. The second kappa shape index (κ2) is 10.4. The van der Waals surface area contributed by atoms with Crippen LogP contribution in [0.4, 0.5) is 10.1 Å². The van der Waals surface area contributed by atoms with Crippen molar-refractivity contribution < 1.29 is 22.0 Å². The van der Waals surface area contributed by atoms with E-state index < -0.39 is 21.7 Å². The second-order valence-electron chi connectivity index (χ2n) is 9.88. The van der Waals surface area contributed by atoms with E-state index in [4.69, 9.17) is 4.42 Å². The van der Waals surface area contributed by atoms with Gasteiger partial charge in [0.2, 0.25) is 10.0 Å². The number of aromatic amines is 1. The fraction of sp³-hybridized carbons (Fsp3) is 0.0968. The number of hydrogen-bond donors (Lipinski definition) is 2. The smallest absolute Gasteiger partial charge is 0.255 e. The molecule has 6 aromatic rings. The maximum absolute atomic E-state index is 13.7. The number of anilines is 1. The fourth-order valence-corrected chi connectivity index (χ4v) is 5.49. The predicted octanol–water partition coefficient (Wildman–Crippen LogP) is 5.47. The molecule has 0 unspecified atom stereocenters. The Morgan fingerprint density at radius 1 is 1.07 bits per heavy atom. The Morgan fingerprint density at radius 3 is 2.53 bits per heavy atom. The second-order valence-corrected chi connectivity index (χ2v) is 11.9. The van der Waals surface area contributed by atoms with Crippen molar-refractivity contribution in [3.8, 4) is 39.9 Å². The molecule has 0 atom stereocenters. The highest BCUT2D eigenvalue weighted by Gasteiger charge is 2.26. The molecule has 6 rings (SSSR count). The van der Waals surface area contributed by atoms with Gasteiger partial charge in [-0.25, -0.2) is 12.8 Å². The number of fused-ring (bicyclic) bond motifs is 2. The maximum Gasteiger partial charge on any atom is 0.255 e. The number of hydrogen-bond acceptors (Lipinski definition) is 7. The molecular formula is C31H23FN6O4S. The fourth-order valence-electron chi connectivity index (χ4n) is 4.99. The number of carbonyl (C=O) groups excluding carboxylic acids is 1. The third-order valence-corrected chi connectivity index (χ3v) is 8.42. The summed E-state index contributed by atoms with van der Waals surface area (Å²) >= 11 is 0. The van der Waals surface area contributed by atoms with Crippen LogP contribution in [0.3, 0.4) is 0 Å². The Hall–Kier alpha value is -5.54. The molecule has 0 spiro atoms. The van der Waals surface area contributed by atoms with Crippen molar-refractivity contribution in [3.63, 3.8) is 0 Å². The number of amides is 1. The molecule has 0 aliphatic rings. The predicted molar refractivity (Wildman–Crippen MR) is 161 cm³/mol. The summed E-state index contributed by atoms with van der Waals surface area (Å²) < 4.78 is 46.3. The molecule has 3 aromatic heterocycles. The summed E-state index contributed by atoms with van der Waals surface area (Å²) in [6.45, 7) is 0. The molecule has 0 aliphatic heterocycles. The van der Waals surface area contributed by atoms with Crippen molar-refractivity contribution in [3.05, 3.63) is 89.9 Å². The van der Waals surface area contributed by atoms with Crippen LogP contribution >= 0.6 is 0 Å². The van der Waals surface area contributed by atoms with Gasteiger partial charge in [0.05, 0.1) is 41.0 Å². The molecular weight excluding hydrogens is 571 g/mol. The molecule has 3 aromatic carbocycles. The van der Waals surface area contributed by atoms with Crippen LogP contribution in [0.1, 0.15) is 15.9 Å². The molecule has 43 heavy (non-hydrogen) atoms. The molecule has 0 radical (unpaired) electrons. The van der Waals surface area contributed by atoms with Gasteiger partial charge < -0.3 is 14.7 Å². The van der Waals surface area contributed by atoms with Crippen LogP contribution in [0, 0.1) is 17.1 Å². The minimum Gasteiger partial charge on any atom is -0.455 e. The third kappa shape index (κ3) is 4.85. The van der Waals surface area contributed by atoms with Gasteiger partial charge in [-0.15, -0.1) is 0 Å². The van der Waals surface area contributed by atoms with Gasteiger partial charge in [-0.05, 0) is 54.6 Å². The average molecular weight is 595 g/mol. The highest BCUT2D eigenvalue weighted by Crippen LogP contribution is 2.41. The first-order chi connectivity index (χ1) is 20.6. The van der Waals surface area contributed by atoms with E-state index in [1.807, 2.05) is 12.1 Å². The van der Waals surface area contributed by atoms with Crippen molar-refractivity contribution in [2.75, 3.05) is 24.7 Å². The number of H-pyrrole nitrogens is 1. The Bertz CT molecular complexity index is 2220. The van der Waals surface area contributed by atoms with Crippen molar-refractivity contribution in [2.24, 2.45) is 0 Å². The van der Waals surface area contributed by atoms with Crippen LogP contribution in [0.5, 0.6) is 0 Å². The number of nitriles is 1. The zero-order valence-corrected chi connectivity index (χ0v) is 24.0. The number of halogens is 1. The van der Waals surface area contributed by atoms with E-state index in [2.05, 4.69) is 26.6 Å². The molecule has 12 heteroatoms. The minimum atomic E-state index is -3.74. The quantitative estimate of drug-likeness (QED) is 0.260. The topological polar surface area (TPSA) is 145 Å². The Morgan fingerprint density at radius 2 is 1.84 bits per heavy atom. The van der Waals surface area contributed by atoms with Gasteiger partial charge in [-0.1, -0.05) is 6.07 Å². The number of rotatable bonds is 6. The van der Waals surface area contributed by atoms with Gasteiger partial charge in [0.1, 0.15) is 17.2 Å². The van der Waals surface area contributed by atoms with Crippen LogP contribution < -0.4 is 9.62 Å². The minimum absolute atomic E-state index is 0.197. The van der Waals surface area contributed by atoms with E-state index in [9.17, 15) is 22.9 Å². The zero-order chi connectivity index (χ0) is 30.5. The molecule has 0 saturated carbocycles. The number of benzene rings is 3. The van der Waals surface area contributed by atoms with E-state index in [0.717, 1.165) is 21.5 Å². The van der Waals surface area contributed by atoms with Gasteiger partial charge in [0, 0.05) is 58.8 Å². The first-order valence-electron chi connectivity index (χ1n) is 13.0. The van der Waals surface area contributed by atoms with Gasteiger partial charge in [0.25, 0.3) is 5.91 Å². The summed E-state index contributed by atoms with van der Waals surface area (Å²) in [4.78, 5) is 16.4. The van der Waals surface area contributed by atoms with Crippen LogP contribution in [-0.4, -0.2) is 49.9 Å². The van der Waals surface area contributed by atoms with Crippen molar-refractivity contribution >= 4 is 43.5 Å². The normalized spacial score (nSPS) is 11.5. The summed E-state index contributed by atoms with van der Waals surface area (Å²) in [6, 6.07) is 19.8. The molecule has 10 nitrogen and oxygen atoms in total. The zero-order valence-electron chi connectivity index (χ0n) is 23.1. The summed E-state index contributed by atoms with van der Waals surface area (Å²) in [5.74, 6) is -0.692. The van der Waals surface area contributed by atoms with E-state index in [0.29, 0.717) is 39.0 Å². The Balaban J connectivity index is 1.60. The lowest BCUT2D eigenvalue weighted by Gasteiger charge is -2.20. The lowest BCUT2D eigenvalue weighted by Crippen LogP contribution is -2.25. The largest absolute Gasteiger partial charge is 0.455 e. The highest BCUT2D eigenvalue weighted by atomic mass is 32.2. The van der Waals surface area contributed by atoms with Crippen LogP contribution in [0.2, 0.25) is 0 Å². The monoisotopic (exact) mass is 594 g/mol. The Labute approximate surface area is 245 Å². The highest BCUT2D eigenvalue weighted by molar-refractivity contribution is 7.92. The molecule has 0 fully saturated rings. The first-order valence-corrected chi connectivity index (χ1v) is 14.8. The van der Waals surface area contributed by atoms with Gasteiger partial charge >= 0.3 is 0 Å². The molecule has 0 bridgehead atoms. The third-order valence-electron chi connectivity index (χ3n) is 7.23. The van der Waals surface area contributed by atoms with Gasteiger partial charge in [-0.2, -0.15) is 15.5 Å². The summed E-state index contributed by atoms with van der Waals surface area (Å²) in [5.41, 5.74) is 4.47. The van der Waals surface area contributed by atoms with Crippen LogP contribution in [0.25, 0.3) is 55.7 Å². The average Bonchev–Trinajstić information content (AvgIpc) is 3.61. The number of nitrogens with one attached hydrogen (secondary N) is 2. The Kier molecular flexibility index (Phi) is 6.67. The van der Waals surface area contributed by atoms with Gasteiger partial charge in [0.15, 0.2) is 0 Å². The molecule has 0 aliphatic carbocycles. The first kappa shape index (κ1) is 27.6. The van der Waals surface area contributed by atoms with Crippen LogP contribution in [-0.2, 0) is 10.0 Å².